The molecule has 100 valence electrons. The predicted octanol–water partition coefficient (Wildman–Crippen LogP) is 1.33. The van der Waals surface area contributed by atoms with E-state index in [1.54, 1.807) is 6.92 Å². The molecule has 0 unspecified atom stereocenters. The average molecular weight is 255 g/mol. The molecule has 1 rings (SSSR count). The van der Waals surface area contributed by atoms with Crippen molar-refractivity contribution in [3.63, 3.8) is 0 Å². The van der Waals surface area contributed by atoms with E-state index in [-0.39, 0.29) is 24.4 Å². The molecule has 18 heavy (non-hydrogen) atoms. The molecule has 0 radical (unpaired) electrons. The maximum atomic E-state index is 11.4. The van der Waals surface area contributed by atoms with Crippen LogP contribution < -0.4 is 5.32 Å². The lowest BCUT2D eigenvalue weighted by Gasteiger charge is -2.03. The first-order valence-electron chi connectivity index (χ1n) is 5.71. The Hall–Kier alpha value is -1.82. The first-order chi connectivity index (χ1) is 8.54. The van der Waals surface area contributed by atoms with Crippen LogP contribution in [-0.4, -0.2) is 30.2 Å². The summed E-state index contributed by atoms with van der Waals surface area (Å²) >= 11 is 0. The van der Waals surface area contributed by atoms with E-state index < -0.39 is 5.97 Å². The van der Waals surface area contributed by atoms with Crippen LogP contribution in [0.4, 0.5) is 0 Å². The van der Waals surface area contributed by atoms with Crippen molar-refractivity contribution >= 4 is 11.9 Å². The summed E-state index contributed by atoms with van der Waals surface area (Å²) in [5.41, 5.74) is 0.119. The lowest BCUT2D eigenvalue weighted by Crippen LogP contribution is -2.23. The highest BCUT2D eigenvalue weighted by atomic mass is 16.5. The summed E-state index contributed by atoms with van der Waals surface area (Å²) in [6.07, 6.45) is 0.277. The van der Waals surface area contributed by atoms with Gasteiger partial charge in [0.25, 0.3) is 0 Å². The standard InChI is InChI=1S/C12H17NO5/c1-3-17-5-4-11(14)13-7-9-6-10(12(15)16)8(2)18-9/h6H,3-5,7H2,1-2H3,(H,13,14)(H,15,16). The molecule has 0 bridgehead atoms. The number of nitrogens with one attached hydrogen (secondary N) is 1. The summed E-state index contributed by atoms with van der Waals surface area (Å²) in [5.74, 6) is -0.435. The number of hydrogen-bond donors (Lipinski definition) is 2. The van der Waals surface area contributed by atoms with Gasteiger partial charge in [0.1, 0.15) is 17.1 Å². The van der Waals surface area contributed by atoms with E-state index in [9.17, 15) is 9.59 Å². The molecule has 0 aliphatic heterocycles. The van der Waals surface area contributed by atoms with Gasteiger partial charge in [-0.15, -0.1) is 0 Å². The second kappa shape index (κ2) is 6.80. The van der Waals surface area contributed by atoms with Crippen LogP contribution in [0.5, 0.6) is 0 Å². The Bertz CT molecular complexity index is 424. The minimum Gasteiger partial charge on any atom is -0.478 e. The SMILES string of the molecule is CCOCCC(=O)NCc1cc(C(=O)O)c(C)o1. The lowest BCUT2D eigenvalue weighted by atomic mass is 10.2. The Morgan fingerprint density at radius 2 is 2.22 bits per heavy atom. The third-order valence-electron chi connectivity index (χ3n) is 2.34. The number of carboxylic acids is 1. The van der Waals surface area contributed by atoms with E-state index in [2.05, 4.69) is 5.32 Å². The topological polar surface area (TPSA) is 88.8 Å². The summed E-state index contributed by atoms with van der Waals surface area (Å²) in [5, 5.41) is 11.5. The molecular formula is C12H17NO5. The zero-order chi connectivity index (χ0) is 13.5. The van der Waals surface area contributed by atoms with Crippen molar-refractivity contribution in [1.29, 1.82) is 0 Å². The fraction of sp³-hybridized carbons (Fsp3) is 0.500. The summed E-state index contributed by atoms with van der Waals surface area (Å²) in [4.78, 5) is 22.2. The van der Waals surface area contributed by atoms with Gasteiger partial charge in [0.2, 0.25) is 5.91 Å². The van der Waals surface area contributed by atoms with Crippen molar-refractivity contribution < 1.29 is 23.8 Å². The van der Waals surface area contributed by atoms with Crippen LogP contribution in [0.3, 0.4) is 0 Å². The molecule has 0 saturated carbocycles. The maximum Gasteiger partial charge on any atom is 0.339 e. The van der Waals surface area contributed by atoms with E-state index in [0.717, 1.165) is 0 Å². The molecule has 0 atom stereocenters. The number of amides is 1. The monoisotopic (exact) mass is 255 g/mol. The van der Waals surface area contributed by atoms with Gasteiger partial charge in [-0.05, 0) is 19.9 Å². The van der Waals surface area contributed by atoms with Gasteiger partial charge in [-0.2, -0.15) is 0 Å². The number of furan rings is 1. The van der Waals surface area contributed by atoms with Gasteiger partial charge in [-0.25, -0.2) is 4.79 Å². The summed E-state index contributed by atoms with van der Waals surface area (Å²) in [7, 11) is 0. The van der Waals surface area contributed by atoms with Crippen LogP contribution in [0, 0.1) is 6.92 Å². The van der Waals surface area contributed by atoms with Crippen molar-refractivity contribution in [2.45, 2.75) is 26.8 Å². The molecule has 1 amide bonds. The van der Waals surface area contributed by atoms with Gasteiger partial charge in [-0.3, -0.25) is 4.79 Å². The highest BCUT2D eigenvalue weighted by Crippen LogP contribution is 2.14. The highest BCUT2D eigenvalue weighted by Gasteiger charge is 2.13. The number of rotatable bonds is 7. The van der Waals surface area contributed by atoms with Crippen LogP contribution in [0.15, 0.2) is 10.5 Å². The zero-order valence-corrected chi connectivity index (χ0v) is 10.5. The smallest absolute Gasteiger partial charge is 0.339 e. The van der Waals surface area contributed by atoms with Crippen LogP contribution >= 0.6 is 0 Å². The third-order valence-corrected chi connectivity index (χ3v) is 2.34. The molecule has 2 N–H and O–H groups in total. The Kier molecular flexibility index (Phi) is 5.38. The van der Waals surface area contributed by atoms with Gasteiger partial charge in [0, 0.05) is 13.0 Å². The Balaban J connectivity index is 2.41. The Labute approximate surface area is 105 Å². The normalized spacial score (nSPS) is 10.3. The number of ether oxygens (including phenoxy) is 1. The van der Waals surface area contributed by atoms with Crippen LogP contribution in [0.1, 0.15) is 35.2 Å². The molecular weight excluding hydrogens is 238 g/mol. The fourth-order valence-electron chi connectivity index (χ4n) is 1.43. The number of carboxylic acid groups (broad SMARTS) is 1. The van der Waals surface area contributed by atoms with Gasteiger partial charge in [0.05, 0.1) is 13.2 Å². The second-order valence-electron chi connectivity index (χ2n) is 3.71. The summed E-state index contributed by atoms with van der Waals surface area (Å²) in [6.45, 7) is 4.56. The maximum absolute atomic E-state index is 11.4. The molecule has 1 aromatic heterocycles. The van der Waals surface area contributed by atoms with Crippen LogP contribution in [0.2, 0.25) is 0 Å². The average Bonchev–Trinajstić information content (AvgIpc) is 2.68. The van der Waals surface area contributed by atoms with Gasteiger partial charge < -0.3 is 19.6 Å². The van der Waals surface area contributed by atoms with E-state index in [1.165, 1.54) is 6.07 Å². The molecule has 1 heterocycles. The summed E-state index contributed by atoms with van der Waals surface area (Å²) in [6, 6.07) is 1.42. The van der Waals surface area contributed by atoms with Crippen molar-refractivity contribution in [1.82, 2.24) is 5.32 Å². The number of carbonyl (C=O) groups excluding carboxylic acids is 1. The quantitative estimate of drug-likeness (QED) is 0.717. The molecule has 0 saturated heterocycles. The van der Waals surface area contributed by atoms with Gasteiger partial charge >= 0.3 is 5.97 Å². The highest BCUT2D eigenvalue weighted by molar-refractivity contribution is 5.88. The Morgan fingerprint density at radius 1 is 1.50 bits per heavy atom. The molecule has 0 aromatic carbocycles. The predicted molar refractivity (Wildman–Crippen MR) is 63.4 cm³/mol. The molecule has 6 heteroatoms. The lowest BCUT2D eigenvalue weighted by molar-refractivity contribution is -0.122. The van der Waals surface area contributed by atoms with E-state index in [0.29, 0.717) is 24.7 Å². The van der Waals surface area contributed by atoms with Crippen LogP contribution in [0.25, 0.3) is 0 Å². The number of carbonyl (C=O) groups is 2. The van der Waals surface area contributed by atoms with Crippen LogP contribution in [-0.2, 0) is 16.1 Å². The summed E-state index contributed by atoms with van der Waals surface area (Å²) < 4.78 is 10.3. The number of aromatic carboxylic acids is 1. The number of hydrogen-bond acceptors (Lipinski definition) is 4. The minimum absolute atomic E-state index is 0.119. The molecule has 0 spiro atoms. The van der Waals surface area contributed by atoms with Crippen molar-refractivity contribution in [3.05, 3.63) is 23.2 Å². The first-order valence-corrected chi connectivity index (χ1v) is 5.71. The molecule has 1 aromatic rings. The van der Waals surface area contributed by atoms with E-state index in [1.807, 2.05) is 6.92 Å². The largest absolute Gasteiger partial charge is 0.478 e. The van der Waals surface area contributed by atoms with E-state index >= 15 is 0 Å². The number of aryl methyl sites for hydroxylation is 1. The van der Waals surface area contributed by atoms with E-state index in [4.69, 9.17) is 14.3 Å². The van der Waals surface area contributed by atoms with Crippen molar-refractivity contribution in [3.8, 4) is 0 Å². The molecule has 6 nitrogen and oxygen atoms in total. The van der Waals surface area contributed by atoms with Gasteiger partial charge in [0.15, 0.2) is 0 Å². The minimum atomic E-state index is -1.04. The second-order valence-corrected chi connectivity index (χ2v) is 3.71. The molecule has 0 aliphatic carbocycles. The third kappa shape index (κ3) is 4.21. The first kappa shape index (κ1) is 14.2. The fourth-order valence-corrected chi connectivity index (χ4v) is 1.43. The zero-order valence-electron chi connectivity index (χ0n) is 10.5. The van der Waals surface area contributed by atoms with Gasteiger partial charge in [-0.1, -0.05) is 0 Å². The Morgan fingerprint density at radius 3 is 2.78 bits per heavy atom. The van der Waals surface area contributed by atoms with Crippen molar-refractivity contribution in [2.24, 2.45) is 0 Å². The molecule has 0 fully saturated rings. The molecule has 0 aliphatic rings. The van der Waals surface area contributed by atoms with Crippen molar-refractivity contribution in [2.75, 3.05) is 13.2 Å².